The number of aromatic hydroxyl groups is 1. The minimum atomic E-state index is -0.363. The van der Waals surface area contributed by atoms with Gasteiger partial charge in [0.2, 0.25) is 0 Å². The van der Waals surface area contributed by atoms with Gasteiger partial charge >= 0.3 is 0 Å². The Balaban J connectivity index is 0.00000144. The van der Waals surface area contributed by atoms with E-state index in [2.05, 4.69) is 0 Å². The Kier molecular flexibility index (Phi) is 6.97. The maximum absolute atomic E-state index is 9.20. The Bertz CT molecular complexity index is 235. The minimum absolute atomic E-state index is 0. The van der Waals surface area contributed by atoms with E-state index in [0.717, 1.165) is 0 Å². The summed E-state index contributed by atoms with van der Waals surface area (Å²) in [5.41, 5.74) is 0. The number of benzene rings is 1. The average Bonchev–Trinajstić information content (AvgIpc) is 2.08. The number of phenolic OH excluding ortho intramolecular Hbond substituents is 1. The van der Waals surface area contributed by atoms with Gasteiger partial charge in [-0.1, -0.05) is 58.0 Å². The second kappa shape index (κ2) is 5.99. The smallest absolute Gasteiger partial charge is 0.155 e. The standard InChI is InChI=1S/C6HCl5O.K/c7-1-2(8)4(10)6(12)5(11)3(1)9;/h12H;. The third-order valence-corrected chi connectivity index (χ3v) is 3.44. The molecule has 1 radical (unpaired) electrons. The molecule has 0 atom stereocenters. The first kappa shape index (κ1) is 15.1. The molecule has 0 fully saturated rings. The van der Waals surface area contributed by atoms with E-state index in [1.807, 2.05) is 0 Å². The molecule has 13 heavy (non-hydrogen) atoms. The zero-order valence-electron chi connectivity index (χ0n) is 6.34. The van der Waals surface area contributed by atoms with Crippen LogP contribution in [0.1, 0.15) is 0 Å². The Morgan fingerprint density at radius 1 is 0.615 bits per heavy atom. The molecule has 0 saturated heterocycles. The fourth-order valence-corrected chi connectivity index (χ4v) is 1.72. The summed E-state index contributed by atoms with van der Waals surface area (Å²) in [5, 5.41) is 9.01. The number of hydrogen-bond donors (Lipinski definition) is 1. The van der Waals surface area contributed by atoms with Crippen molar-refractivity contribution in [2.75, 3.05) is 0 Å². The molecule has 0 heterocycles. The van der Waals surface area contributed by atoms with E-state index in [0.29, 0.717) is 0 Å². The van der Waals surface area contributed by atoms with Crippen LogP contribution < -0.4 is 0 Å². The van der Waals surface area contributed by atoms with Gasteiger partial charge < -0.3 is 5.11 Å². The van der Waals surface area contributed by atoms with Gasteiger partial charge in [-0.25, -0.2) is 0 Å². The number of rotatable bonds is 0. The van der Waals surface area contributed by atoms with Gasteiger partial charge in [0.05, 0.1) is 15.1 Å². The van der Waals surface area contributed by atoms with Crippen molar-refractivity contribution in [3.8, 4) is 5.75 Å². The van der Waals surface area contributed by atoms with E-state index < -0.39 is 0 Å². The third-order valence-electron chi connectivity index (χ3n) is 1.19. The number of halogens is 5. The molecule has 0 amide bonds. The summed E-state index contributed by atoms with van der Waals surface area (Å²) >= 11 is 27.9. The first-order chi connectivity index (χ1) is 5.46. The Morgan fingerprint density at radius 2 is 0.846 bits per heavy atom. The first-order valence-electron chi connectivity index (χ1n) is 2.67. The third kappa shape index (κ3) is 3.03. The van der Waals surface area contributed by atoms with Crippen molar-refractivity contribution < 1.29 is 5.11 Å². The Hall–Kier alpha value is 2.11. The van der Waals surface area contributed by atoms with Crippen LogP contribution in [0.4, 0.5) is 0 Å². The van der Waals surface area contributed by atoms with E-state index in [1.165, 1.54) is 0 Å². The normalized spacial score (nSPS) is 9.62. The maximum Gasteiger partial charge on any atom is 0.155 e. The molecular formula is C6HCl5KO. The Morgan fingerprint density at radius 3 is 1.15 bits per heavy atom. The van der Waals surface area contributed by atoms with Crippen LogP contribution in [0.2, 0.25) is 25.1 Å². The van der Waals surface area contributed by atoms with Crippen LogP contribution in [0.3, 0.4) is 0 Å². The summed E-state index contributed by atoms with van der Waals surface area (Å²) in [6, 6.07) is 0. The summed E-state index contributed by atoms with van der Waals surface area (Å²) in [6.07, 6.45) is 0. The van der Waals surface area contributed by atoms with Crippen LogP contribution in [-0.4, -0.2) is 56.5 Å². The van der Waals surface area contributed by atoms with Crippen molar-refractivity contribution in [2.24, 2.45) is 0 Å². The minimum Gasteiger partial charge on any atom is -0.505 e. The van der Waals surface area contributed by atoms with Gasteiger partial charge in [-0.05, 0) is 0 Å². The zero-order chi connectivity index (χ0) is 9.46. The predicted octanol–water partition coefficient (Wildman–Crippen LogP) is 4.28. The van der Waals surface area contributed by atoms with Crippen molar-refractivity contribution in [2.45, 2.75) is 0 Å². The molecule has 1 nitrogen and oxygen atoms in total. The summed E-state index contributed by atoms with van der Waals surface area (Å²) in [6.45, 7) is 0. The zero-order valence-corrected chi connectivity index (χ0v) is 13.2. The second-order valence-electron chi connectivity index (χ2n) is 1.92. The van der Waals surface area contributed by atoms with Gasteiger partial charge in [-0.15, -0.1) is 0 Å². The van der Waals surface area contributed by atoms with E-state index >= 15 is 0 Å². The molecule has 0 aliphatic carbocycles. The molecule has 1 rings (SSSR count). The summed E-state index contributed by atoms with van der Waals surface area (Å²) in [5.74, 6) is -0.363. The SMILES string of the molecule is Oc1c(Cl)c(Cl)c(Cl)c(Cl)c1Cl.[K]. The van der Waals surface area contributed by atoms with Crippen LogP contribution in [0.25, 0.3) is 0 Å². The molecule has 67 valence electrons. The van der Waals surface area contributed by atoms with Crippen molar-refractivity contribution >= 4 is 109 Å². The predicted molar refractivity (Wildman–Crippen MR) is 58.9 cm³/mol. The summed E-state index contributed by atoms with van der Waals surface area (Å²) in [4.78, 5) is 0. The van der Waals surface area contributed by atoms with Gasteiger partial charge in [-0.3, -0.25) is 0 Å². The fraction of sp³-hybridized carbons (Fsp3) is 0. The molecular weight excluding hydrogens is 304 g/mol. The van der Waals surface area contributed by atoms with Crippen LogP contribution >= 0.6 is 58.0 Å². The number of hydrogen-bond acceptors (Lipinski definition) is 1. The first-order valence-corrected chi connectivity index (χ1v) is 4.56. The van der Waals surface area contributed by atoms with Crippen molar-refractivity contribution in [1.29, 1.82) is 0 Å². The topological polar surface area (TPSA) is 20.2 Å². The van der Waals surface area contributed by atoms with E-state index in [-0.39, 0.29) is 82.2 Å². The van der Waals surface area contributed by atoms with Crippen molar-refractivity contribution in [3.05, 3.63) is 25.1 Å². The van der Waals surface area contributed by atoms with Crippen molar-refractivity contribution in [3.63, 3.8) is 0 Å². The molecule has 1 aromatic carbocycles. The van der Waals surface area contributed by atoms with E-state index in [4.69, 9.17) is 58.0 Å². The van der Waals surface area contributed by atoms with Gasteiger partial charge in [0.15, 0.2) is 5.75 Å². The molecule has 0 saturated carbocycles. The summed E-state index contributed by atoms with van der Waals surface area (Å²) in [7, 11) is 0. The molecule has 0 spiro atoms. The van der Waals surface area contributed by atoms with Crippen LogP contribution in [0.15, 0.2) is 0 Å². The van der Waals surface area contributed by atoms with E-state index in [9.17, 15) is 5.11 Å². The molecule has 0 unspecified atom stereocenters. The van der Waals surface area contributed by atoms with Gasteiger partial charge in [0.25, 0.3) is 0 Å². The molecule has 1 N–H and O–H groups in total. The largest absolute Gasteiger partial charge is 0.505 e. The van der Waals surface area contributed by atoms with Crippen LogP contribution in [-0.2, 0) is 0 Å². The Labute approximate surface area is 143 Å². The second-order valence-corrected chi connectivity index (χ2v) is 3.81. The van der Waals surface area contributed by atoms with Crippen LogP contribution in [0.5, 0.6) is 5.75 Å². The van der Waals surface area contributed by atoms with Gasteiger partial charge in [-0.2, -0.15) is 0 Å². The fourth-order valence-electron chi connectivity index (χ4n) is 0.593. The monoisotopic (exact) mass is 303 g/mol. The molecule has 0 aromatic heterocycles. The maximum atomic E-state index is 9.20. The summed E-state index contributed by atoms with van der Waals surface area (Å²) < 4.78 is 0. The molecule has 7 heteroatoms. The average molecular weight is 305 g/mol. The molecule has 0 bridgehead atoms. The van der Waals surface area contributed by atoms with Gasteiger partial charge in [0, 0.05) is 51.4 Å². The quantitative estimate of drug-likeness (QED) is 0.431. The molecule has 0 aliphatic rings. The van der Waals surface area contributed by atoms with Crippen molar-refractivity contribution in [1.82, 2.24) is 0 Å². The molecule has 0 aliphatic heterocycles. The number of phenols is 1. The van der Waals surface area contributed by atoms with Gasteiger partial charge in [0.1, 0.15) is 10.0 Å². The van der Waals surface area contributed by atoms with Crippen LogP contribution in [0, 0.1) is 0 Å². The van der Waals surface area contributed by atoms with E-state index in [1.54, 1.807) is 0 Å². The molecule has 1 aromatic rings.